The fourth-order valence-corrected chi connectivity index (χ4v) is 2.94. The molecule has 0 amide bonds. The lowest BCUT2D eigenvalue weighted by Crippen LogP contribution is -2.13. The quantitative estimate of drug-likeness (QED) is 0.339. The van der Waals surface area contributed by atoms with Crippen molar-refractivity contribution in [3.05, 3.63) is 0 Å². The molecule has 2 N–H and O–H groups in total. The highest BCUT2D eigenvalue weighted by Crippen LogP contribution is 2.19. The Balaban J connectivity index is 3.53. The molecule has 0 aromatic carbocycles. The van der Waals surface area contributed by atoms with E-state index in [1.54, 1.807) is 0 Å². The highest BCUT2D eigenvalue weighted by molar-refractivity contribution is 5.69. The third kappa shape index (κ3) is 15.6. The Labute approximate surface area is 141 Å². The number of carboxylic acids is 2. The van der Waals surface area contributed by atoms with Gasteiger partial charge in [-0.1, -0.05) is 77.6 Å². The first-order chi connectivity index (χ1) is 11.1. The van der Waals surface area contributed by atoms with E-state index in [0.717, 1.165) is 64.2 Å². The van der Waals surface area contributed by atoms with Gasteiger partial charge in [0.15, 0.2) is 0 Å². The average Bonchev–Trinajstić information content (AvgIpc) is 2.50. The van der Waals surface area contributed by atoms with Crippen molar-refractivity contribution in [3.8, 4) is 0 Å². The molecule has 4 heteroatoms. The van der Waals surface area contributed by atoms with Crippen LogP contribution in [-0.2, 0) is 9.59 Å². The van der Waals surface area contributed by atoms with Crippen molar-refractivity contribution in [2.45, 2.75) is 103 Å². The molecule has 0 radical (unpaired) electrons. The minimum Gasteiger partial charge on any atom is -0.481 e. The van der Waals surface area contributed by atoms with Gasteiger partial charge in [-0.25, -0.2) is 0 Å². The van der Waals surface area contributed by atoms with E-state index >= 15 is 0 Å². The van der Waals surface area contributed by atoms with Crippen LogP contribution in [0.4, 0.5) is 0 Å². The molecule has 1 unspecified atom stereocenters. The molecule has 0 saturated carbocycles. The van der Waals surface area contributed by atoms with Crippen molar-refractivity contribution in [2.75, 3.05) is 0 Å². The molecule has 0 saturated heterocycles. The first kappa shape index (κ1) is 21.9. The molecule has 0 aromatic heterocycles. The van der Waals surface area contributed by atoms with E-state index in [0.29, 0.717) is 0 Å². The van der Waals surface area contributed by atoms with Gasteiger partial charge in [-0.05, 0) is 19.3 Å². The lowest BCUT2D eigenvalue weighted by Gasteiger charge is -2.12. The molecule has 1 atom stereocenters. The third-order valence-corrected chi connectivity index (χ3v) is 4.45. The molecule has 0 fully saturated rings. The van der Waals surface area contributed by atoms with Crippen LogP contribution in [0.15, 0.2) is 0 Å². The summed E-state index contributed by atoms with van der Waals surface area (Å²) in [6, 6.07) is 0. The Bertz CT molecular complexity index is 302. The molecule has 0 heterocycles. The van der Waals surface area contributed by atoms with Crippen molar-refractivity contribution in [1.29, 1.82) is 0 Å². The molecule has 23 heavy (non-hydrogen) atoms. The van der Waals surface area contributed by atoms with E-state index in [2.05, 4.69) is 6.92 Å². The molecule has 0 aliphatic carbocycles. The van der Waals surface area contributed by atoms with Gasteiger partial charge in [0.25, 0.3) is 0 Å². The molecule has 0 aliphatic heterocycles. The van der Waals surface area contributed by atoms with Crippen LogP contribution in [0.1, 0.15) is 103 Å². The molecule has 0 rings (SSSR count). The van der Waals surface area contributed by atoms with E-state index in [4.69, 9.17) is 5.11 Å². The van der Waals surface area contributed by atoms with E-state index in [9.17, 15) is 14.7 Å². The number of carboxylic acid groups (broad SMARTS) is 2. The van der Waals surface area contributed by atoms with Crippen molar-refractivity contribution in [3.63, 3.8) is 0 Å². The smallest absolute Gasteiger partial charge is 0.306 e. The first-order valence-corrected chi connectivity index (χ1v) is 9.52. The van der Waals surface area contributed by atoms with Crippen molar-refractivity contribution in [1.82, 2.24) is 0 Å². The highest BCUT2D eigenvalue weighted by atomic mass is 16.4. The Morgan fingerprint density at radius 1 is 0.696 bits per heavy atom. The topological polar surface area (TPSA) is 74.6 Å². The van der Waals surface area contributed by atoms with Gasteiger partial charge in [-0.15, -0.1) is 0 Å². The van der Waals surface area contributed by atoms with E-state index in [-0.39, 0.29) is 12.3 Å². The fraction of sp³-hybridized carbons (Fsp3) is 0.895. The average molecular weight is 328 g/mol. The maximum atomic E-state index is 11.3. The second-order valence-corrected chi connectivity index (χ2v) is 6.65. The SMILES string of the molecule is CCCCCCCCC(CCCCCCCCC(=O)O)C(=O)O. The van der Waals surface area contributed by atoms with Crippen LogP contribution < -0.4 is 0 Å². The fourth-order valence-electron chi connectivity index (χ4n) is 2.94. The highest BCUT2D eigenvalue weighted by Gasteiger charge is 2.16. The molecule has 0 spiro atoms. The molecule has 4 nitrogen and oxygen atoms in total. The number of hydrogen-bond donors (Lipinski definition) is 2. The van der Waals surface area contributed by atoms with Crippen molar-refractivity contribution in [2.24, 2.45) is 5.92 Å². The summed E-state index contributed by atoms with van der Waals surface area (Å²) in [4.78, 5) is 21.7. The number of rotatable bonds is 17. The molecule has 136 valence electrons. The Morgan fingerprint density at radius 2 is 1.13 bits per heavy atom. The molecular formula is C19H36O4. The van der Waals surface area contributed by atoms with Crippen molar-refractivity contribution < 1.29 is 19.8 Å². The normalized spacial score (nSPS) is 12.2. The third-order valence-electron chi connectivity index (χ3n) is 4.45. The second kappa shape index (κ2) is 15.8. The predicted molar refractivity (Wildman–Crippen MR) is 93.7 cm³/mol. The van der Waals surface area contributed by atoms with Gasteiger partial charge >= 0.3 is 11.9 Å². The Hall–Kier alpha value is -1.06. The summed E-state index contributed by atoms with van der Waals surface area (Å²) >= 11 is 0. The van der Waals surface area contributed by atoms with Crippen LogP contribution in [0.2, 0.25) is 0 Å². The molecular weight excluding hydrogens is 292 g/mol. The number of carbonyl (C=O) groups is 2. The van der Waals surface area contributed by atoms with Gasteiger partial charge < -0.3 is 10.2 Å². The Morgan fingerprint density at radius 3 is 1.57 bits per heavy atom. The maximum Gasteiger partial charge on any atom is 0.306 e. The lowest BCUT2D eigenvalue weighted by atomic mass is 9.94. The first-order valence-electron chi connectivity index (χ1n) is 9.52. The minimum absolute atomic E-state index is 0.173. The van der Waals surface area contributed by atoms with Gasteiger partial charge in [0, 0.05) is 6.42 Å². The van der Waals surface area contributed by atoms with Crippen LogP contribution >= 0.6 is 0 Å². The summed E-state index contributed by atoms with van der Waals surface area (Å²) in [5, 5.41) is 17.8. The zero-order valence-corrected chi connectivity index (χ0v) is 14.9. The standard InChI is InChI=1S/C19H36O4/c1-2-3-4-5-8-11-14-17(19(22)23)15-12-9-6-7-10-13-16-18(20)21/h17H,2-16H2,1H3,(H,20,21)(H,22,23). The summed E-state index contributed by atoms with van der Waals surface area (Å²) in [5.41, 5.74) is 0. The van der Waals surface area contributed by atoms with E-state index < -0.39 is 11.9 Å². The maximum absolute atomic E-state index is 11.3. The van der Waals surface area contributed by atoms with Gasteiger partial charge in [-0.3, -0.25) is 9.59 Å². The van der Waals surface area contributed by atoms with Gasteiger partial charge in [0.05, 0.1) is 5.92 Å². The summed E-state index contributed by atoms with van der Waals surface area (Å²) < 4.78 is 0. The monoisotopic (exact) mass is 328 g/mol. The zero-order valence-electron chi connectivity index (χ0n) is 14.9. The molecule has 0 aromatic rings. The van der Waals surface area contributed by atoms with Crippen LogP contribution in [0.3, 0.4) is 0 Å². The van der Waals surface area contributed by atoms with Gasteiger partial charge in [0.1, 0.15) is 0 Å². The zero-order chi connectivity index (χ0) is 17.3. The second-order valence-electron chi connectivity index (χ2n) is 6.65. The van der Waals surface area contributed by atoms with Crippen LogP contribution in [0, 0.1) is 5.92 Å². The summed E-state index contributed by atoms with van der Waals surface area (Å²) in [7, 11) is 0. The summed E-state index contributed by atoms with van der Waals surface area (Å²) in [6.07, 6.45) is 15.0. The number of unbranched alkanes of at least 4 members (excludes halogenated alkanes) is 10. The van der Waals surface area contributed by atoms with E-state index in [1.807, 2.05) is 0 Å². The van der Waals surface area contributed by atoms with E-state index in [1.165, 1.54) is 25.7 Å². The van der Waals surface area contributed by atoms with Crippen LogP contribution in [0.5, 0.6) is 0 Å². The number of hydrogen-bond acceptors (Lipinski definition) is 2. The molecule has 0 aliphatic rings. The van der Waals surface area contributed by atoms with Crippen LogP contribution in [0.25, 0.3) is 0 Å². The predicted octanol–water partition coefficient (Wildman–Crippen LogP) is 5.64. The largest absolute Gasteiger partial charge is 0.481 e. The summed E-state index contributed by atoms with van der Waals surface area (Å²) in [6.45, 7) is 2.20. The Kier molecular flexibility index (Phi) is 15.1. The van der Waals surface area contributed by atoms with Gasteiger partial charge in [-0.2, -0.15) is 0 Å². The lowest BCUT2D eigenvalue weighted by molar-refractivity contribution is -0.142. The molecule has 0 bridgehead atoms. The summed E-state index contributed by atoms with van der Waals surface area (Å²) in [5.74, 6) is -1.53. The van der Waals surface area contributed by atoms with Crippen molar-refractivity contribution >= 4 is 11.9 Å². The van der Waals surface area contributed by atoms with Gasteiger partial charge in [0.2, 0.25) is 0 Å². The van der Waals surface area contributed by atoms with Crippen LogP contribution in [-0.4, -0.2) is 22.2 Å². The minimum atomic E-state index is -0.719. The number of aliphatic carboxylic acids is 2.